The molecule has 2 N–H and O–H groups in total. The van der Waals surface area contributed by atoms with Crippen LogP contribution in [-0.2, 0) is 4.79 Å². The summed E-state index contributed by atoms with van der Waals surface area (Å²) in [6, 6.07) is 20.0. The summed E-state index contributed by atoms with van der Waals surface area (Å²) in [5, 5.41) is 11.4. The van der Waals surface area contributed by atoms with E-state index < -0.39 is 0 Å². The van der Waals surface area contributed by atoms with Crippen molar-refractivity contribution < 1.29 is 14.1 Å². The monoisotopic (exact) mass is 383 g/mol. The number of benzene rings is 2. The van der Waals surface area contributed by atoms with E-state index in [0.29, 0.717) is 17.7 Å². The van der Waals surface area contributed by atoms with Gasteiger partial charge in [0, 0.05) is 11.1 Å². The van der Waals surface area contributed by atoms with E-state index in [1.807, 2.05) is 48.5 Å². The fourth-order valence-corrected chi connectivity index (χ4v) is 3.29. The van der Waals surface area contributed by atoms with Gasteiger partial charge in [0.05, 0.1) is 26.4 Å². The van der Waals surface area contributed by atoms with E-state index in [9.17, 15) is 4.79 Å². The molecule has 3 rings (SSSR count). The fourth-order valence-electron chi connectivity index (χ4n) is 2.70. The van der Waals surface area contributed by atoms with Crippen LogP contribution in [0.2, 0.25) is 0 Å². The van der Waals surface area contributed by atoms with Gasteiger partial charge in [-0.15, -0.1) is 10.2 Å². The van der Waals surface area contributed by atoms with Crippen LogP contribution < -0.4 is 10.2 Å². The number of amides is 1. The summed E-state index contributed by atoms with van der Waals surface area (Å²) in [6.45, 7) is 0.574. The van der Waals surface area contributed by atoms with Crippen LogP contribution in [-0.4, -0.2) is 42.5 Å². The molecule has 0 unspecified atom stereocenters. The summed E-state index contributed by atoms with van der Waals surface area (Å²) in [5.41, 5.74) is 2.07. The maximum atomic E-state index is 12.2. The van der Waals surface area contributed by atoms with Crippen molar-refractivity contribution in [3.63, 3.8) is 0 Å². The minimum absolute atomic E-state index is 0.0540. The standard InChI is InChI=1S/C20H22N4O2S/c1-24(2)17(15-9-5-3-6-10-15)13-21-18(25)14-27-20-23-22-19(26-20)16-11-7-4-8-12-16/h3-12,17H,13-14H2,1-2H3,(H,21,25)/p+1/t17-/m0/s1. The Morgan fingerprint density at radius 1 is 1.07 bits per heavy atom. The normalized spacial score (nSPS) is 12.1. The Morgan fingerprint density at radius 3 is 2.41 bits per heavy atom. The van der Waals surface area contributed by atoms with Crippen molar-refractivity contribution in [1.29, 1.82) is 0 Å². The molecule has 0 aliphatic rings. The Hall–Kier alpha value is -2.64. The molecule has 0 aliphatic carbocycles. The van der Waals surface area contributed by atoms with Gasteiger partial charge in [0.15, 0.2) is 0 Å². The van der Waals surface area contributed by atoms with Crippen molar-refractivity contribution in [2.75, 3.05) is 26.4 Å². The minimum Gasteiger partial charge on any atom is -0.411 e. The molecule has 0 radical (unpaired) electrons. The molecule has 1 atom stereocenters. The molecule has 0 saturated carbocycles. The number of nitrogens with zero attached hydrogens (tertiary/aromatic N) is 2. The largest absolute Gasteiger partial charge is 0.411 e. The van der Waals surface area contributed by atoms with E-state index in [2.05, 4.69) is 41.7 Å². The van der Waals surface area contributed by atoms with Crippen LogP contribution >= 0.6 is 11.8 Å². The zero-order valence-corrected chi connectivity index (χ0v) is 16.2. The van der Waals surface area contributed by atoms with Crippen molar-refractivity contribution in [3.05, 3.63) is 66.2 Å². The number of hydrogen-bond acceptors (Lipinski definition) is 5. The van der Waals surface area contributed by atoms with Crippen LogP contribution in [0.1, 0.15) is 11.6 Å². The van der Waals surface area contributed by atoms with Gasteiger partial charge in [0.2, 0.25) is 11.8 Å². The second-order valence-electron chi connectivity index (χ2n) is 6.37. The number of quaternary nitrogens is 1. The Balaban J connectivity index is 1.50. The van der Waals surface area contributed by atoms with E-state index in [1.165, 1.54) is 22.2 Å². The van der Waals surface area contributed by atoms with Crippen molar-refractivity contribution in [2.24, 2.45) is 0 Å². The number of hydrogen-bond donors (Lipinski definition) is 2. The lowest BCUT2D eigenvalue weighted by molar-refractivity contribution is -0.890. The lowest BCUT2D eigenvalue weighted by Gasteiger charge is -2.22. The zero-order valence-electron chi connectivity index (χ0n) is 15.4. The maximum absolute atomic E-state index is 12.2. The van der Waals surface area contributed by atoms with Gasteiger partial charge in [0.25, 0.3) is 5.22 Å². The number of rotatable bonds is 8. The molecule has 7 heteroatoms. The summed E-state index contributed by atoms with van der Waals surface area (Å²) < 4.78 is 5.61. The molecule has 0 fully saturated rings. The summed E-state index contributed by atoms with van der Waals surface area (Å²) in [7, 11) is 4.17. The molecule has 0 saturated heterocycles. The second kappa shape index (κ2) is 9.34. The van der Waals surface area contributed by atoms with Gasteiger partial charge in [-0.1, -0.05) is 60.3 Å². The zero-order chi connectivity index (χ0) is 19.1. The van der Waals surface area contributed by atoms with Gasteiger partial charge < -0.3 is 14.6 Å². The molecular formula is C20H23N4O2S+. The van der Waals surface area contributed by atoms with Crippen molar-refractivity contribution in [1.82, 2.24) is 15.5 Å². The minimum atomic E-state index is -0.0540. The molecular weight excluding hydrogens is 360 g/mol. The van der Waals surface area contributed by atoms with E-state index in [0.717, 1.165) is 5.56 Å². The molecule has 1 aromatic heterocycles. The number of thioether (sulfide) groups is 1. The quantitative estimate of drug-likeness (QED) is 0.581. The van der Waals surface area contributed by atoms with Crippen LogP contribution in [0.4, 0.5) is 0 Å². The first-order valence-corrected chi connectivity index (χ1v) is 9.75. The first-order chi connectivity index (χ1) is 13.1. The smallest absolute Gasteiger partial charge is 0.277 e. The van der Waals surface area contributed by atoms with Gasteiger partial charge in [-0.2, -0.15) is 0 Å². The highest BCUT2D eigenvalue weighted by Crippen LogP contribution is 2.22. The summed E-state index contributed by atoms with van der Waals surface area (Å²) in [5.74, 6) is 0.640. The molecule has 27 heavy (non-hydrogen) atoms. The number of nitrogens with one attached hydrogen (secondary N) is 2. The highest BCUT2D eigenvalue weighted by atomic mass is 32.2. The third kappa shape index (κ3) is 5.42. The Morgan fingerprint density at radius 2 is 1.74 bits per heavy atom. The van der Waals surface area contributed by atoms with Gasteiger partial charge in [-0.3, -0.25) is 4.79 Å². The summed E-state index contributed by atoms with van der Waals surface area (Å²) in [4.78, 5) is 13.5. The molecule has 2 aromatic carbocycles. The van der Waals surface area contributed by atoms with Gasteiger partial charge in [-0.25, -0.2) is 0 Å². The average molecular weight is 383 g/mol. The van der Waals surface area contributed by atoms with E-state index in [4.69, 9.17) is 4.42 Å². The lowest BCUT2D eigenvalue weighted by atomic mass is 10.1. The van der Waals surface area contributed by atoms with Crippen LogP contribution in [0.25, 0.3) is 11.5 Å². The van der Waals surface area contributed by atoms with Crippen LogP contribution in [0.3, 0.4) is 0 Å². The number of aromatic nitrogens is 2. The van der Waals surface area contributed by atoms with Crippen molar-refractivity contribution in [3.8, 4) is 11.5 Å². The molecule has 0 spiro atoms. The average Bonchev–Trinajstić information content (AvgIpc) is 3.17. The van der Waals surface area contributed by atoms with Gasteiger partial charge in [-0.05, 0) is 12.1 Å². The Kier molecular flexibility index (Phi) is 6.62. The number of likely N-dealkylation sites (N-methyl/N-ethyl adjacent to an activating group) is 1. The van der Waals surface area contributed by atoms with Crippen molar-refractivity contribution >= 4 is 17.7 Å². The molecule has 0 bridgehead atoms. The molecule has 1 heterocycles. The first-order valence-electron chi connectivity index (χ1n) is 8.77. The number of carbonyl (C=O) groups is 1. The lowest BCUT2D eigenvalue weighted by Crippen LogP contribution is -3.07. The third-order valence-corrected chi connectivity index (χ3v) is 4.97. The number of carbonyl (C=O) groups excluding carboxylic acids is 1. The first kappa shape index (κ1) is 19.1. The van der Waals surface area contributed by atoms with Crippen LogP contribution in [0.5, 0.6) is 0 Å². The topological polar surface area (TPSA) is 72.5 Å². The summed E-state index contributed by atoms with van der Waals surface area (Å²) in [6.07, 6.45) is 0. The predicted molar refractivity (Wildman–Crippen MR) is 105 cm³/mol. The Labute approximate surface area is 163 Å². The fraction of sp³-hybridized carbons (Fsp3) is 0.250. The SMILES string of the molecule is C[NH+](C)[C@@H](CNC(=O)CSc1nnc(-c2ccccc2)o1)c1ccccc1. The van der Waals surface area contributed by atoms with Crippen LogP contribution in [0, 0.1) is 0 Å². The molecule has 140 valence electrons. The maximum Gasteiger partial charge on any atom is 0.277 e. The highest BCUT2D eigenvalue weighted by molar-refractivity contribution is 7.99. The van der Waals surface area contributed by atoms with E-state index in [-0.39, 0.29) is 17.7 Å². The van der Waals surface area contributed by atoms with E-state index >= 15 is 0 Å². The van der Waals surface area contributed by atoms with Crippen LogP contribution in [0.15, 0.2) is 70.3 Å². The third-order valence-electron chi connectivity index (χ3n) is 4.16. The van der Waals surface area contributed by atoms with Gasteiger partial charge in [0.1, 0.15) is 6.04 Å². The van der Waals surface area contributed by atoms with E-state index in [1.54, 1.807) is 0 Å². The Bertz CT molecular complexity index is 853. The molecule has 6 nitrogen and oxygen atoms in total. The molecule has 1 amide bonds. The van der Waals surface area contributed by atoms with Crippen molar-refractivity contribution in [2.45, 2.75) is 11.3 Å². The summed E-state index contributed by atoms with van der Waals surface area (Å²) >= 11 is 1.24. The van der Waals surface area contributed by atoms with Gasteiger partial charge >= 0.3 is 0 Å². The second-order valence-corrected chi connectivity index (χ2v) is 7.30. The molecule has 3 aromatic rings. The highest BCUT2D eigenvalue weighted by Gasteiger charge is 2.19. The predicted octanol–water partition coefficient (Wildman–Crippen LogP) is 1.83. The molecule has 0 aliphatic heterocycles.